The summed E-state index contributed by atoms with van der Waals surface area (Å²) in [6.07, 6.45) is 3.23. The Hall–Kier alpha value is -1.18. The van der Waals surface area contributed by atoms with Crippen LogP contribution in [0.2, 0.25) is 5.15 Å². The van der Waals surface area contributed by atoms with Crippen LogP contribution in [0.1, 0.15) is 5.56 Å². The molecule has 0 spiro atoms. The lowest BCUT2D eigenvalue weighted by Crippen LogP contribution is -1.99. The fourth-order valence-corrected chi connectivity index (χ4v) is 3.26. The Kier molecular flexibility index (Phi) is 2.73. The van der Waals surface area contributed by atoms with Crippen LogP contribution in [-0.2, 0) is 0 Å². The maximum absolute atomic E-state index is 6.07. The highest BCUT2D eigenvalue weighted by atomic mass is 35.5. The molecular weight excluding hydrogens is 278 g/mol. The third kappa shape index (κ3) is 1.90. The second-order valence-corrected chi connectivity index (χ2v) is 5.69. The van der Waals surface area contributed by atoms with Crippen molar-refractivity contribution in [2.75, 3.05) is 0 Å². The third-order valence-corrected chi connectivity index (χ3v) is 4.57. The van der Waals surface area contributed by atoms with Crippen molar-refractivity contribution in [2.45, 2.75) is 16.3 Å². The van der Waals surface area contributed by atoms with Crippen molar-refractivity contribution < 1.29 is 0 Å². The van der Waals surface area contributed by atoms with E-state index in [1.807, 2.05) is 12.3 Å². The highest BCUT2D eigenvalue weighted by Crippen LogP contribution is 2.33. The van der Waals surface area contributed by atoms with E-state index in [1.165, 1.54) is 18.1 Å². The normalized spacial score (nSPS) is 11.2. The van der Waals surface area contributed by atoms with Crippen molar-refractivity contribution in [3.05, 3.63) is 28.6 Å². The van der Waals surface area contributed by atoms with Gasteiger partial charge in [0.2, 0.25) is 0 Å². The number of hydrogen-bond donors (Lipinski definition) is 0. The second kappa shape index (κ2) is 4.25. The minimum atomic E-state index is 0.449. The molecule has 0 N–H and O–H groups in total. The molecule has 3 rings (SSSR count). The van der Waals surface area contributed by atoms with Crippen molar-refractivity contribution in [3.8, 4) is 0 Å². The zero-order chi connectivity index (χ0) is 11.8. The van der Waals surface area contributed by atoms with Gasteiger partial charge in [0.15, 0.2) is 4.34 Å². The van der Waals surface area contributed by atoms with Gasteiger partial charge in [-0.15, -0.1) is 11.3 Å². The van der Waals surface area contributed by atoms with Crippen LogP contribution in [0.15, 0.2) is 27.3 Å². The van der Waals surface area contributed by atoms with Crippen LogP contribution in [0, 0.1) is 6.92 Å². The molecule has 0 saturated heterocycles. The van der Waals surface area contributed by atoms with Gasteiger partial charge in [0.1, 0.15) is 16.5 Å². The Bertz CT molecular complexity index is 663. The fourth-order valence-electron chi connectivity index (χ4n) is 1.34. The first-order chi connectivity index (χ1) is 8.25. The fraction of sp³-hybridized carbons (Fsp3) is 0.111. The van der Waals surface area contributed by atoms with Gasteiger partial charge in [-0.25, -0.2) is 4.98 Å². The first kappa shape index (κ1) is 10.9. The van der Waals surface area contributed by atoms with Gasteiger partial charge >= 0.3 is 0 Å². The third-order valence-electron chi connectivity index (χ3n) is 2.14. The second-order valence-electron chi connectivity index (χ2n) is 3.20. The zero-order valence-electron chi connectivity index (χ0n) is 8.66. The topological polar surface area (TPSA) is 56.0 Å². The minimum Gasteiger partial charge on any atom is -0.238 e. The molecule has 3 aromatic heterocycles. The molecular formula is C9H6ClN5S2. The Morgan fingerprint density at radius 3 is 3.06 bits per heavy atom. The number of rotatable bonds is 2. The molecule has 17 heavy (non-hydrogen) atoms. The summed E-state index contributed by atoms with van der Waals surface area (Å²) in [4.78, 5) is 12.4. The predicted molar refractivity (Wildman–Crippen MR) is 66.8 cm³/mol. The van der Waals surface area contributed by atoms with Gasteiger partial charge in [0.05, 0.1) is 0 Å². The summed E-state index contributed by atoms with van der Waals surface area (Å²) >= 11 is 9.15. The van der Waals surface area contributed by atoms with Crippen molar-refractivity contribution in [2.24, 2.45) is 0 Å². The zero-order valence-corrected chi connectivity index (χ0v) is 11.1. The molecule has 0 aromatic carbocycles. The number of halogens is 1. The number of hydrogen-bond acceptors (Lipinski definition) is 6. The van der Waals surface area contributed by atoms with E-state index in [1.54, 1.807) is 22.0 Å². The maximum Gasteiger partial charge on any atom is 0.254 e. The Labute approximate surface area is 110 Å². The number of aromatic nitrogens is 5. The Balaban J connectivity index is 2.19. The first-order valence-electron chi connectivity index (χ1n) is 4.69. The summed E-state index contributed by atoms with van der Waals surface area (Å²) in [7, 11) is 0. The number of thiazole rings is 1. The molecule has 5 nitrogen and oxygen atoms in total. The lowest BCUT2D eigenvalue weighted by Gasteiger charge is -2.06. The van der Waals surface area contributed by atoms with Crippen molar-refractivity contribution in [3.63, 3.8) is 0 Å². The molecule has 0 saturated carbocycles. The van der Waals surface area contributed by atoms with Crippen molar-refractivity contribution in [1.82, 2.24) is 24.6 Å². The molecule has 0 aliphatic carbocycles. The van der Waals surface area contributed by atoms with Gasteiger partial charge in [-0.3, -0.25) is 0 Å². The summed E-state index contributed by atoms with van der Waals surface area (Å²) in [6, 6.07) is 0. The smallest absolute Gasteiger partial charge is 0.238 e. The molecule has 0 aliphatic heterocycles. The molecule has 0 atom stereocenters. The lowest BCUT2D eigenvalue weighted by molar-refractivity contribution is 0.825. The van der Waals surface area contributed by atoms with Crippen LogP contribution < -0.4 is 0 Å². The van der Waals surface area contributed by atoms with E-state index in [0.717, 1.165) is 14.9 Å². The van der Waals surface area contributed by atoms with E-state index >= 15 is 0 Å². The van der Waals surface area contributed by atoms with Crippen molar-refractivity contribution in [1.29, 1.82) is 0 Å². The summed E-state index contributed by atoms with van der Waals surface area (Å²) in [5, 5.41) is 7.42. The van der Waals surface area contributed by atoms with Crippen LogP contribution in [-0.4, -0.2) is 24.6 Å². The summed E-state index contributed by atoms with van der Waals surface area (Å²) in [6.45, 7) is 1.91. The molecule has 8 heteroatoms. The molecule has 0 aliphatic rings. The number of nitrogens with zero attached hydrogens (tertiary/aromatic N) is 5. The van der Waals surface area contributed by atoms with Gasteiger partial charge < -0.3 is 0 Å². The maximum atomic E-state index is 6.07. The molecule has 0 fully saturated rings. The van der Waals surface area contributed by atoms with Crippen LogP contribution in [0.4, 0.5) is 0 Å². The largest absolute Gasteiger partial charge is 0.254 e. The van der Waals surface area contributed by atoms with Crippen LogP contribution in [0.25, 0.3) is 5.78 Å². The molecule has 3 heterocycles. The predicted octanol–water partition coefficient (Wildman–Crippen LogP) is 2.69. The Morgan fingerprint density at radius 2 is 2.29 bits per heavy atom. The monoisotopic (exact) mass is 283 g/mol. The number of fused-ring (bicyclic) bond motifs is 1. The van der Waals surface area contributed by atoms with E-state index in [0.29, 0.717) is 10.9 Å². The van der Waals surface area contributed by atoms with Gasteiger partial charge in [-0.05, 0) is 18.7 Å². The lowest BCUT2D eigenvalue weighted by atomic mass is 10.4. The molecule has 3 aromatic rings. The van der Waals surface area contributed by atoms with E-state index < -0.39 is 0 Å². The summed E-state index contributed by atoms with van der Waals surface area (Å²) in [5.41, 5.74) is 0.880. The Morgan fingerprint density at radius 1 is 1.41 bits per heavy atom. The highest BCUT2D eigenvalue weighted by Gasteiger charge is 2.14. The molecule has 0 amide bonds. The van der Waals surface area contributed by atoms with E-state index in [2.05, 4.69) is 20.1 Å². The summed E-state index contributed by atoms with van der Waals surface area (Å²) < 4.78 is 2.61. The molecule has 0 bridgehead atoms. The highest BCUT2D eigenvalue weighted by molar-refractivity contribution is 8.01. The average Bonchev–Trinajstić information content (AvgIpc) is 2.94. The van der Waals surface area contributed by atoms with Gasteiger partial charge in [-0.2, -0.15) is 19.6 Å². The SMILES string of the molecule is Cc1c(Cl)nc2ncnn2c1Sc1nccs1. The van der Waals surface area contributed by atoms with Crippen molar-refractivity contribution >= 4 is 40.5 Å². The molecule has 86 valence electrons. The van der Waals surface area contributed by atoms with Crippen LogP contribution >= 0.6 is 34.7 Å². The average molecular weight is 284 g/mol. The van der Waals surface area contributed by atoms with Crippen LogP contribution in [0.5, 0.6) is 0 Å². The quantitative estimate of drug-likeness (QED) is 0.677. The standard InChI is InChI=1S/C9H6ClN5S2/c1-5-6(10)14-8-12-4-13-15(8)7(5)17-9-11-2-3-16-9/h2-4H,1H3. The van der Waals surface area contributed by atoms with Gasteiger partial charge in [-0.1, -0.05) is 11.6 Å². The van der Waals surface area contributed by atoms with Gasteiger partial charge in [0, 0.05) is 17.1 Å². The molecule has 0 radical (unpaired) electrons. The minimum absolute atomic E-state index is 0.449. The first-order valence-corrected chi connectivity index (χ1v) is 6.76. The van der Waals surface area contributed by atoms with Crippen LogP contribution in [0.3, 0.4) is 0 Å². The van der Waals surface area contributed by atoms with Gasteiger partial charge in [0.25, 0.3) is 5.78 Å². The molecule has 0 unspecified atom stereocenters. The summed E-state index contributed by atoms with van der Waals surface area (Å²) in [5.74, 6) is 0.500. The van der Waals surface area contributed by atoms with E-state index in [4.69, 9.17) is 11.6 Å². The van der Waals surface area contributed by atoms with E-state index in [9.17, 15) is 0 Å². The van der Waals surface area contributed by atoms with E-state index in [-0.39, 0.29) is 0 Å².